The lowest BCUT2D eigenvalue weighted by molar-refractivity contribution is -0.137. The Bertz CT molecular complexity index is 1610. The summed E-state index contributed by atoms with van der Waals surface area (Å²) in [5.74, 6) is 0.201. The van der Waals surface area contributed by atoms with Crippen LogP contribution in [0.1, 0.15) is 66.2 Å². The molecule has 1 saturated heterocycles. The first-order valence-electron chi connectivity index (χ1n) is 14.7. The van der Waals surface area contributed by atoms with Gasteiger partial charge in [-0.3, -0.25) is 4.90 Å². The number of nitrogens with zero attached hydrogens (tertiary/aromatic N) is 6. The standard InChI is InChI=1S/C32H32F3N7O3/c1-3-24-16-26(25-15-23(32(33,34)35)5-6-28(25)42(24)31(43)45-4-2)39-30-38-19-29(41-7-9-44-10-8-41)27(40-30)14-20-11-21(17-36)13-22(12-20)18-37/h5-6,11-13,15,19,24,26H,3-4,7-10,14,16H2,1-2H3,(H,38,39,40)/t24-,26+/m1/s1. The second-order valence-corrected chi connectivity index (χ2v) is 10.8. The molecule has 2 aliphatic heterocycles. The molecule has 1 amide bonds. The minimum Gasteiger partial charge on any atom is -0.449 e. The van der Waals surface area contributed by atoms with Crippen molar-refractivity contribution in [1.29, 1.82) is 10.5 Å². The number of morpholine rings is 1. The zero-order valence-electron chi connectivity index (χ0n) is 24.9. The number of hydrogen-bond donors (Lipinski definition) is 1. The Morgan fingerprint density at radius 1 is 1.09 bits per heavy atom. The van der Waals surface area contributed by atoms with Gasteiger partial charge in [0.2, 0.25) is 5.95 Å². The van der Waals surface area contributed by atoms with Gasteiger partial charge in [-0.25, -0.2) is 14.8 Å². The van der Waals surface area contributed by atoms with Gasteiger partial charge in [0, 0.05) is 25.6 Å². The number of halogens is 3. The Hall–Kier alpha value is -4.88. The molecule has 0 saturated carbocycles. The van der Waals surface area contributed by atoms with E-state index in [1.165, 1.54) is 17.0 Å². The van der Waals surface area contributed by atoms with Crippen molar-refractivity contribution in [2.45, 2.75) is 51.4 Å². The largest absolute Gasteiger partial charge is 0.449 e. The molecule has 13 heteroatoms. The lowest BCUT2D eigenvalue weighted by Gasteiger charge is -2.40. The van der Waals surface area contributed by atoms with Crippen LogP contribution in [0.3, 0.4) is 0 Å². The fourth-order valence-corrected chi connectivity index (χ4v) is 5.81. The third-order valence-electron chi connectivity index (χ3n) is 7.92. The first kappa shape index (κ1) is 31.5. The number of hydrogen-bond acceptors (Lipinski definition) is 9. The minimum atomic E-state index is -4.58. The number of anilines is 3. The predicted molar refractivity (Wildman–Crippen MR) is 160 cm³/mol. The van der Waals surface area contributed by atoms with Crippen LogP contribution in [0.25, 0.3) is 0 Å². The molecule has 1 fully saturated rings. The molecular formula is C32H32F3N7O3. The first-order chi connectivity index (χ1) is 21.6. The van der Waals surface area contributed by atoms with Crippen LogP contribution in [-0.2, 0) is 22.1 Å². The van der Waals surface area contributed by atoms with Crippen molar-refractivity contribution in [3.63, 3.8) is 0 Å². The second-order valence-electron chi connectivity index (χ2n) is 10.8. The number of alkyl halides is 3. The van der Waals surface area contributed by atoms with E-state index in [-0.39, 0.29) is 30.6 Å². The van der Waals surface area contributed by atoms with E-state index < -0.39 is 23.9 Å². The van der Waals surface area contributed by atoms with Gasteiger partial charge in [0.15, 0.2) is 0 Å². The SMILES string of the molecule is CCOC(=O)N1c2ccc(C(F)(F)F)cc2[C@@H](Nc2ncc(N3CCOCC3)c(Cc3cc(C#N)cc(C#N)c3)n2)C[C@H]1CC. The Morgan fingerprint density at radius 2 is 1.80 bits per heavy atom. The number of ether oxygens (including phenoxy) is 2. The van der Waals surface area contributed by atoms with Crippen LogP contribution in [0.4, 0.5) is 35.3 Å². The number of rotatable bonds is 7. The van der Waals surface area contributed by atoms with E-state index in [9.17, 15) is 28.5 Å². The van der Waals surface area contributed by atoms with Gasteiger partial charge in [-0.1, -0.05) is 6.92 Å². The van der Waals surface area contributed by atoms with Crippen molar-refractivity contribution in [3.05, 3.63) is 76.1 Å². The van der Waals surface area contributed by atoms with Crippen molar-refractivity contribution >= 4 is 23.4 Å². The van der Waals surface area contributed by atoms with Gasteiger partial charge in [-0.2, -0.15) is 23.7 Å². The third-order valence-corrected chi connectivity index (χ3v) is 7.92. The van der Waals surface area contributed by atoms with E-state index in [0.717, 1.165) is 17.8 Å². The Kier molecular flexibility index (Phi) is 9.40. The maximum absolute atomic E-state index is 13.8. The number of nitriles is 2. The minimum absolute atomic E-state index is 0.128. The first-order valence-corrected chi connectivity index (χ1v) is 14.7. The van der Waals surface area contributed by atoms with Crippen molar-refractivity contribution in [2.75, 3.05) is 48.0 Å². The van der Waals surface area contributed by atoms with Crippen LogP contribution >= 0.6 is 0 Å². The summed E-state index contributed by atoms with van der Waals surface area (Å²) in [5, 5.41) is 22.2. The molecule has 1 N–H and O–H groups in total. The molecular weight excluding hydrogens is 587 g/mol. The number of amides is 1. The summed E-state index contributed by atoms with van der Waals surface area (Å²) < 4.78 is 52.2. The van der Waals surface area contributed by atoms with Crippen LogP contribution in [0.2, 0.25) is 0 Å². The summed E-state index contributed by atoms with van der Waals surface area (Å²) in [4.78, 5) is 25.9. The average Bonchev–Trinajstić information content (AvgIpc) is 3.04. The Labute approximate surface area is 259 Å². The molecule has 1 aromatic heterocycles. The van der Waals surface area contributed by atoms with Gasteiger partial charge in [-0.05, 0) is 67.3 Å². The lowest BCUT2D eigenvalue weighted by atomic mass is 9.89. The fourth-order valence-electron chi connectivity index (χ4n) is 5.81. The molecule has 0 radical (unpaired) electrons. The van der Waals surface area contributed by atoms with Crippen LogP contribution in [0.5, 0.6) is 0 Å². The van der Waals surface area contributed by atoms with Gasteiger partial charge in [0.05, 0.1) is 78.0 Å². The molecule has 234 valence electrons. The van der Waals surface area contributed by atoms with E-state index in [2.05, 4.69) is 27.3 Å². The zero-order chi connectivity index (χ0) is 32.1. The molecule has 2 aromatic carbocycles. The van der Waals surface area contributed by atoms with Crippen molar-refractivity contribution in [3.8, 4) is 12.1 Å². The maximum Gasteiger partial charge on any atom is 0.416 e. The van der Waals surface area contributed by atoms with Gasteiger partial charge >= 0.3 is 12.3 Å². The molecule has 3 aromatic rings. The summed E-state index contributed by atoms with van der Waals surface area (Å²) in [5.41, 5.74) is 2.56. The normalized spacial score (nSPS) is 18.0. The predicted octanol–water partition coefficient (Wildman–Crippen LogP) is 5.96. The Morgan fingerprint density at radius 3 is 2.42 bits per heavy atom. The zero-order valence-corrected chi connectivity index (χ0v) is 24.9. The molecule has 0 spiro atoms. The van der Waals surface area contributed by atoms with Gasteiger partial charge < -0.3 is 19.7 Å². The second kappa shape index (κ2) is 13.4. The number of fused-ring (bicyclic) bond motifs is 1. The smallest absolute Gasteiger partial charge is 0.416 e. The molecule has 5 rings (SSSR count). The van der Waals surface area contributed by atoms with E-state index in [4.69, 9.17) is 14.5 Å². The summed E-state index contributed by atoms with van der Waals surface area (Å²) in [6.07, 6.45) is -2.41. The third kappa shape index (κ3) is 6.94. The Balaban J connectivity index is 1.55. The number of carbonyl (C=O) groups is 1. The lowest BCUT2D eigenvalue weighted by Crippen LogP contribution is -2.46. The maximum atomic E-state index is 13.8. The average molecular weight is 620 g/mol. The van der Waals surface area contributed by atoms with Gasteiger partial charge in [-0.15, -0.1) is 0 Å². The molecule has 2 atom stereocenters. The van der Waals surface area contributed by atoms with Crippen LogP contribution < -0.4 is 15.1 Å². The van der Waals surface area contributed by atoms with E-state index >= 15 is 0 Å². The van der Waals surface area contributed by atoms with Gasteiger partial charge in [0.25, 0.3) is 0 Å². The topological polar surface area (TPSA) is 127 Å². The summed E-state index contributed by atoms with van der Waals surface area (Å²) in [6, 6.07) is 11.4. The molecule has 0 aliphatic carbocycles. The van der Waals surface area contributed by atoms with Crippen molar-refractivity contribution in [2.24, 2.45) is 0 Å². The monoisotopic (exact) mass is 619 g/mol. The van der Waals surface area contributed by atoms with E-state index in [1.54, 1.807) is 25.3 Å². The molecule has 0 bridgehead atoms. The highest BCUT2D eigenvalue weighted by molar-refractivity contribution is 5.90. The number of aromatic nitrogens is 2. The number of nitrogens with one attached hydrogen (secondary N) is 1. The highest BCUT2D eigenvalue weighted by Crippen LogP contribution is 2.43. The quantitative estimate of drug-likeness (QED) is 0.341. The number of benzene rings is 2. The summed E-state index contributed by atoms with van der Waals surface area (Å²) in [6.45, 7) is 5.98. The highest BCUT2D eigenvalue weighted by Gasteiger charge is 2.39. The van der Waals surface area contributed by atoms with Crippen LogP contribution in [0.15, 0.2) is 42.6 Å². The van der Waals surface area contributed by atoms with Crippen molar-refractivity contribution in [1.82, 2.24) is 9.97 Å². The number of carbonyl (C=O) groups excluding carboxylic acids is 1. The molecule has 45 heavy (non-hydrogen) atoms. The summed E-state index contributed by atoms with van der Waals surface area (Å²) >= 11 is 0. The summed E-state index contributed by atoms with van der Waals surface area (Å²) in [7, 11) is 0. The molecule has 3 heterocycles. The van der Waals surface area contributed by atoms with Gasteiger partial charge in [0.1, 0.15) is 0 Å². The van der Waals surface area contributed by atoms with Crippen LogP contribution in [-0.4, -0.2) is 55.0 Å². The van der Waals surface area contributed by atoms with Crippen molar-refractivity contribution < 1.29 is 27.4 Å². The van der Waals surface area contributed by atoms with E-state index in [1.807, 2.05) is 6.92 Å². The van der Waals surface area contributed by atoms with E-state index in [0.29, 0.717) is 67.2 Å². The molecule has 0 unspecified atom stereocenters. The highest BCUT2D eigenvalue weighted by atomic mass is 19.4. The fraction of sp³-hybridized carbons (Fsp3) is 0.406. The van der Waals surface area contributed by atoms with Crippen LogP contribution in [0, 0.1) is 22.7 Å². The molecule has 2 aliphatic rings. The molecule has 10 nitrogen and oxygen atoms in total.